The second-order valence-corrected chi connectivity index (χ2v) is 8.18. The average Bonchev–Trinajstić information content (AvgIpc) is 3.45. The van der Waals surface area contributed by atoms with Crippen LogP contribution in [0.3, 0.4) is 0 Å². The van der Waals surface area contributed by atoms with Crippen LogP contribution >= 0.6 is 0 Å². The molecule has 2 aromatic heterocycles. The Bertz CT molecular complexity index is 1270. The maximum absolute atomic E-state index is 13.0. The molecule has 0 amide bonds. The van der Waals surface area contributed by atoms with Crippen LogP contribution in [0.2, 0.25) is 0 Å². The highest BCUT2D eigenvalue weighted by Gasteiger charge is 2.28. The highest BCUT2D eigenvalue weighted by Crippen LogP contribution is 2.38. The minimum absolute atomic E-state index is 0.119. The molecule has 31 heavy (non-hydrogen) atoms. The second kappa shape index (κ2) is 7.92. The molecule has 158 valence electrons. The lowest BCUT2D eigenvalue weighted by molar-refractivity contribution is -0.141. The molecule has 1 aliphatic carbocycles. The number of aryl methyl sites for hydroxylation is 2. The Labute approximate surface area is 181 Å². The third-order valence-electron chi connectivity index (χ3n) is 5.87. The summed E-state index contributed by atoms with van der Waals surface area (Å²) in [5.74, 6) is -1.09. The van der Waals surface area contributed by atoms with Crippen molar-refractivity contribution in [3.8, 4) is 6.07 Å². The monoisotopic (exact) mass is 415 g/mol. The number of ether oxygens (including phenoxy) is 1. The Morgan fingerprint density at radius 2 is 1.97 bits per heavy atom. The highest BCUT2D eigenvalue weighted by atomic mass is 16.5. The molecule has 1 atom stereocenters. The highest BCUT2D eigenvalue weighted by molar-refractivity contribution is 6.12. The summed E-state index contributed by atoms with van der Waals surface area (Å²) in [4.78, 5) is 28.9. The van der Waals surface area contributed by atoms with Gasteiger partial charge in [-0.05, 0) is 64.3 Å². The van der Waals surface area contributed by atoms with E-state index in [2.05, 4.69) is 9.55 Å². The number of ketones is 1. The summed E-state index contributed by atoms with van der Waals surface area (Å²) in [5, 5.41) is 10.3. The van der Waals surface area contributed by atoms with Gasteiger partial charge < -0.3 is 14.3 Å². The summed E-state index contributed by atoms with van der Waals surface area (Å²) in [6, 6.07) is 11.9. The standard InChI is InChI=1S/C25H25N3O3/c1-14-11-18(16(3)28(14)20-9-10-20)12-19(13-26)25(30)31-17(4)24(29)23-15(2)27-22-8-6-5-7-21(22)23/h5-8,11-12,17,20,27H,9-10H2,1-4H3/b19-12+/t17-/m0/s1. The molecule has 2 heterocycles. The fraction of sp³-hybridized carbons (Fsp3) is 0.320. The average molecular weight is 415 g/mol. The first-order valence-electron chi connectivity index (χ1n) is 10.4. The van der Waals surface area contributed by atoms with E-state index in [1.807, 2.05) is 57.2 Å². The summed E-state index contributed by atoms with van der Waals surface area (Å²) in [6.45, 7) is 7.37. The Morgan fingerprint density at radius 3 is 2.65 bits per heavy atom. The largest absolute Gasteiger partial charge is 0.450 e. The smallest absolute Gasteiger partial charge is 0.349 e. The number of fused-ring (bicyclic) bond motifs is 1. The quantitative estimate of drug-likeness (QED) is 0.267. The van der Waals surface area contributed by atoms with E-state index in [0.717, 1.165) is 46.4 Å². The van der Waals surface area contributed by atoms with Gasteiger partial charge >= 0.3 is 5.97 Å². The van der Waals surface area contributed by atoms with E-state index in [4.69, 9.17) is 4.74 Å². The van der Waals surface area contributed by atoms with E-state index in [1.165, 1.54) is 6.92 Å². The van der Waals surface area contributed by atoms with Crippen molar-refractivity contribution in [2.75, 3.05) is 0 Å². The van der Waals surface area contributed by atoms with E-state index in [9.17, 15) is 14.9 Å². The number of hydrogen-bond acceptors (Lipinski definition) is 4. The molecule has 4 rings (SSSR count). The Balaban J connectivity index is 1.55. The number of nitrogens with zero attached hydrogens (tertiary/aromatic N) is 2. The van der Waals surface area contributed by atoms with Gasteiger partial charge in [-0.2, -0.15) is 5.26 Å². The predicted molar refractivity (Wildman–Crippen MR) is 119 cm³/mol. The van der Waals surface area contributed by atoms with Crippen LogP contribution in [0.25, 0.3) is 17.0 Å². The maximum atomic E-state index is 13.0. The molecule has 1 saturated carbocycles. The van der Waals surface area contributed by atoms with Crippen LogP contribution in [0.1, 0.15) is 58.8 Å². The van der Waals surface area contributed by atoms with E-state index in [1.54, 1.807) is 6.08 Å². The van der Waals surface area contributed by atoms with Gasteiger partial charge in [0, 0.05) is 39.6 Å². The van der Waals surface area contributed by atoms with Crippen molar-refractivity contribution in [2.45, 2.75) is 52.7 Å². The number of nitriles is 1. The number of benzene rings is 1. The maximum Gasteiger partial charge on any atom is 0.349 e. The fourth-order valence-electron chi connectivity index (χ4n) is 4.21. The molecular formula is C25H25N3O3. The molecule has 6 heteroatoms. The van der Waals surface area contributed by atoms with Crippen molar-refractivity contribution in [1.82, 2.24) is 9.55 Å². The number of carbonyl (C=O) groups excluding carboxylic acids is 2. The van der Waals surface area contributed by atoms with E-state index in [0.29, 0.717) is 11.6 Å². The summed E-state index contributed by atoms with van der Waals surface area (Å²) >= 11 is 0. The molecule has 0 aliphatic heterocycles. The van der Waals surface area contributed by atoms with Gasteiger partial charge in [0.25, 0.3) is 0 Å². The number of para-hydroxylation sites is 1. The van der Waals surface area contributed by atoms with Crippen molar-refractivity contribution in [3.05, 3.63) is 64.1 Å². The number of carbonyl (C=O) groups is 2. The summed E-state index contributed by atoms with van der Waals surface area (Å²) < 4.78 is 7.65. The van der Waals surface area contributed by atoms with Crippen LogP contribution in [0.4, 0.5) is 0 Å². The lowest BCUT2D eigenvalue weighted by Gasteiger charge is -2.12. The number of H-pyrrole nitrogens is 1. The first kappa shape index (κ1) is 20.7. The van der Waals surface area contributed by atoms with Gasteiger partial charge in [0.2, 0.25) is 5.78 Å². The third-order valence-corrected chi connectivity index (χ3v) is 5.87. The second-order valence-electron chi connectivity index (χ2n) is 8.18. The minimum atomic E-state index is -1.01. The summed E-state index contributed by atoms with van der Waals surface area (Å²) in [5.41, 5.74) is 4.92. The van der Waals surface area contributed by atoms with Crippen LogP contribution in [-0.2, 0) is 9.53 Å². The van der Waals surface area contributed by atoms with Gasteiger partial charge in [0.05, 0.1) is 0 Å². The first-order chi connectivity index (χ1) is 14.8. The van der Waals surface area contributed by atoms with E-state index >= 15 is 0 Å². The molecule has 6 nitrogen and oxygen atoms in total. The van der Waals surface area contributed by atoms with E-state index in [-0.39, 0.29) is 11.4 Å². The zero-order chi connectivity index (χ0) is 22.3. The van der Waals surface area contributed by atoms with Gasteiger partial charge in [0.1, 0.15) is 11.6 Å². The van der Waals surface area contributed by atoms with Crippen molar-refractivity contribution in [1.29, 1.82) is 5.26 Å². The van der Waals surface area contributed by atoms with Crippen LogP contribution < -0.4 is 0 Å². The molecule has 1 fully saturated rings. The molecular weight excluding hydrogens is 390 g/mol. The Hall–Kier alpha value is -3.59. The number of rotatable bonds is 6. The van der Waals surface area contributed by atoms with Crippen molar-refractivity contribution in [2.24, 2.45) is 0 Å². The number of Topliss-reactive ketones (excluding diaryl/α,β-unsaturated/α-hetero) is 1. The molecule has 0 saturated heterocycles. The zero-order valence-electron chi connectivity index (χ0n) is 18.2. The summed E-state index contributed by atoms with van der Waals surface area (Å²) in [6.07, 6.45) is 2.84. The van der Waals surface area contributed by atoms with Crippen LogP contribution in [-0.4, -0.2) is 27.4 Å². The topological polar surface area (TPSA) is 87.9 Å². The van der Waals surface area contributed by atoms with Gasteiger partial charge in [-0.15, -0.1) is 0 Å². The fourth-order valence-corrected chi connectivity index (χ4v) is 4.21. The van der Waals surface area contributed by atoms with Crippen LogP contribution in [0, 0.1) is 32.1 Å². The normalized spacial score (nSPS) is 15.0. The SMILES string of the molecule is Cc1[nH]c2ccccc2c1C(=O)[C@H](C)OC(=O)/C(C#N)=C/c1cc(C)n(C2CC2)c1C. The number of esters is 1. The molecule has 3 aromatic rings. The van der Waals surface area contributed by atoms with Crippen molar-refractivity contribution >= 4 is 28.7 Å². The molecule has 1 aliphatic rings. The van der Waals surface area contributed by atoms with Crippen molar-refractivity contribution < 1.29 is 14.3 Å². The predicted octanol–water partition coefficient (Wildman–Crippen LogP) is 4.95. The zero-order valence-corrected chi connectivity index (χ0v) is 18.2. The Kier molecular flexibility index (Phi) is 5.28. The summed E-state index contributed by atoms with van der Waals surface area (Å²) in [7, 11) is 0. The number of hydrogen-bond donors (Lipinski definition) is 1. The molecule has 0 bridgehead atoms. The first-order valence-corrected chi connectivity index (χ1v) is 10.4. The van der Waals surface area contributed by atoms with Crippen LogP contribution in [0.15, 0.2) is 35.9 Å². The number of aromatic amines is 1. The molecule has 0 radical (unpaired) electrons. The van der Waals surface area contributed by atoms with Crippen LogP contribution in [0.5, 0.6) is 0 Å². The Morgan fingerprint density at radius 1 is 1.26 bits per heavy atom. The number of aromatic nitrogens is 2. The molecule has 1 aromatic carbocycles. The van der Waals surface area contributed by atoms with Gasteiger partial charge in [-0.3, -0.25) is 4.79 Å². The van der Waals surface area contributed by atoms with Gasteiger partial charge in [0.15, 0.2) is 6.10 Å². The number of nitrogens with one attached hydrogen (secondary N) is 1. The van der Waals surface area contributed by atoms with Gasteiger partial charge in [-0.1, -0.05) is 18.2 Å². The van der Waals surface area contributed by atoms with E-state index < -0.39 is 12.1 Å². The third kappa shape index (κ3) is 3.79. The van der Waals surface area contributed by atoms with Gasteiger partial charge in [-0.25, -0.2) is 4.79 Å². The lowest BCUT2D eigenvalue weighted by atomic mass is 10.0. The minimum Gasteiger partial charge on any atom is -0.450 e. The molecule has 1 N–H and O–H groups in total. The van der Waals surface area contributed by atoms with Crippen molar-refractivity contribution in [3.63, 3.8) is 0 Å². The molecule has 0 spiro atoms. The lowest BCUT2D eigenvalue weighted by Crippen LogP contribution is -2.25. The molecule has 0 unspecified atom stereocenters.